The molecule has 1 heterocycles. The average molecular weight is 201 g/mol. The van der Waals surface area contributed by atoms with Crippen molar-refractivity contribution in [1.29, 1.82) is 0 Å². The van der Waals surface area contributed by atoms with Gasteiger partial charge >= 0.3 is 0 Å². The van der Waals surface area contributed by atoms with E-state index in [1.165, 1.54) is 11.3 Å². The largest absolute Gasteiger partial charge is 0.367 e. The number of benzene rings is 1. The quantitative estimate of drug-likeness (QED) is 0.541. The Labute approximate surface area is 90.2 Å². The molecule has 0 N–H and O–H groups in total. The molecule has 2 nitrogen and oxygen atoms in total. The lowest BCUT2D eigenvalue weighted by atomic mass is 10.1. The molecule has 1 aromatic carbocycles. The second kappa shape index (κ2) is 4.30. The molecule has 78 valence electrons. The summed E-state index contributed by atoms with van der Waals surface area (Å²) >= 11 is 0. The van der Waals surface area contributed by atoms with Gasteiger partial charge in [-0.25, -0.2) is 0 Å². The van der Waals surface area contributed by atoms with E-state index in [-0.39, 0.29) is 0 Å². The minimum atomic E-state index is 0.738. The Bertz CT molecular complexity index is 378. The van der Waals surface area contributed by atoms with Crippen molar-refractivity contribution in [2.24, 2.45) is 0 Å². The number of hydrogen-bond donors (Lipinski definition) is 0. The van der Waals surface area contributed by atoms with Crippen LogP contribution >= 0.6 is 0 Å². The van der Waals surface area contributed by atoms with Gasteiger partial charge in [0, 0.05) is 24.3 Å². The summed E-state index contributed by atoms with van der Waals surface area (Å²) in [6.07, 6.45) is 4.27. The van der Waals surface area contributed by atoms with Gasteiger partial charge < -0.3 is 4.90 Å². The zero-order valence-corrected chi connectivity index (χ0v) is 8.94. The molecule has 2 rings (SSSR count). The van der Waals surface area contributed by atoms with E-state index < -0.39 is 0 Å². The second-order valence-corrected chi connectivity index (χ2v) is 3.96. The Morgan fingerprint density at radius 3 is 2.53 bits per heavy atom. The summed E-state index contributed by atoms with van der Waals surface area (Å²) in [5.41, 5.74) is 3.41. The van der Waals surface area contributed by atoms with Crippen LogP contribution in [0.25, 0.3) is 0 Å². The van der Waals surface area contributed by atoms with Crippen molar-refractivity contribution in [3.63, 3.8) is 0 Å². The summed E-state index contributed by atoms with van der Waals surface area (Å²) in [6, 6.07) is 7.76. The Balaban J connectivity index is 2.13. The summed E-state index contributed by atoms with van der Waals surface area (Å²) in [5, 5.41) is 0. The van der Waals surface area contributed by atoms with E-state index in [0.717, 1.165) is 31.4 Å². The topological polar surface area (TPSA) is 20.3 Å². The fraction of sp³-hybridized carbons (Fsp3) is 0.308. The maximum Gasteiger partial charge on any atom is 0.150 e. The highest BCUT2D eigenvalue weighted by atomic mass is 16.1. The molecular weight excluding hydrogens is 186 g/mol. The standard InChI is InChI=1S/C13H15NO/c1-11-6-8-14(9-7-11)13-4-2-12(10-15)3-5-13/h2-6,10H,7-9H2,1H3. The zero-order valence-electron chi connectivity index (χ0n) is 8.94. The highest BCUT2D eigenvalue weighted by Crippen LogP contribution is 2.19. The van der Waals surface area contributed by atoms with E-state index >= 15 is 0 Å². The third-order valence-corrected chi connectivity index (χ3v) is 2.83. The number of rotatable bonds is 2. The van der Waals surface area contributed by atoms with Gasteiger partial charge in [0.15, 0.2) is 0 Å². The lowest BCUT2D eigenvalue weighted by Crippen LogP contribution is -2.27. The number of hydrogen-bond acceptors (Lipinski definition) is 2. The van der Waals surface area contributed by atoms with E-state index in [0.29, 0.717) is 0 Å². The van der Waals surface area contributed by atoms with E-state index in [2.05, 4.69) is 17.9 Å². The van der Waals surface area contributed by atoms with Gasteiger partial charge in [-0.1, -0.05) is 11.6 Å². The molecule has 0 radical (unpaired) electrons. The maximum atomic E-state index is 10.5. The van der Waals surface area contributed by atoms with Crippen LogP contribution in [0.15, 0.2) is 35.9 Å². The van der Waals surface area contributed by atoms with Crippen molar-refractivity contribution in [3.05, 3.63) is 41.5 Å². The highest BCUT2D eigenvalue weighted by Gasteiger charge is 2.09. The molecule has 0 fully saturated rings. The summed E-state index contributed by atoms with van der Waals surface area (Å²) in [7, 11) is 0. The predicted molar refractivity (Wildman–Crippen MR) is 62.4 cm³/mol. The lowest BCUT2D eigenvalue weighted by Gasteiger charge is -2.27. The minimum absolute atomic E-state index is 0.738. The van der Waals surface area contributed by atoms with Gasteiger partial charge in [-0.2, -0.15) is 0 Å². The Morgan fingerprint density at radius 1 is 1.27 bits per heavy atom. The lowest BCUT2D eigenvalue weighted by molar-refractivity contribution is 0.112. The monoisotopic (exact) mass is 201 g/mol. The van der Waals surface area contributed by atoms with Gasteiger partial charge in [0.1, 0.15) is 6.29 Å². The van der Waals surface area contributed by atoms with Crippen LogP contribution in [0.3, 0.4) is 0 Å². The van der Waals surface area contributed by atoms with Crippen LogP contribution in [-0.4, -0.2) is 19.4 Å². The molecule has 0 bridgehead atoms. The Morgan fingerprint density at radius 2 is 2.00 bits per heavy atom. The third kappa shape index (κ3) is 2.27. The maximum absolute atomic E-state index is 10.5. The number of carbonyl (C=O) groups is 1. The molecule has 0 amide bonds. The number of nitrogens with zero attached hydrogens (tertiary/aromatic N) is 1. The first-order valence-corrected chi connectivity index (χ1v) is 5.25. The van der Waals surface area contributed by atoms with Gasteiger partial charge in [-0.05, 0) is 37.6 Å². The molecule has 0 aromatic heterocycles. The molecule has 0 saturated heterocycles. The third-order valence-electron chi connectivity index (χ3n) is 2.83. The summed E-state index contributed by atoms with van der Waals surface area (Å²) in [4.78, 5) is 12.8. The van der Waals surface area contributed by atoms with Gasteiger partial charge in [-0.3, -0.25) is 4.79 Å². The molecule has 2 heteroatoms. The van der Waals surface area contributed by atoms with E-state index in [1.807, 2.05) is 24.3 Å². The molecule has 0 unspecified atom stereocenters. The Kier molecular flexibility index (Phi) is 2.86. The molecule has 1 aromatic rings. The van der Waals surface area contributed by atoms with Crippen LogP contribution in [0.1, 0.15) is 23.7 Å². The number of anilines is 1. The van der Waals surface area contributed by atoms with Crippen LogP contribution in [0.4, 0.5) is 5.69 Å². The fourth-order valence-corrected chi connectivity index (χ4v) is 1.77. The van der Waals surface area contributed by atoms with Gasteiger partial charge in [0.25, 0.3) is 0 Å². The zero-order chi connectivity index (χ0) is 10.7. The SMILES string of the molecule is CC1=CCN(c2ccc(C=O)cc2)CC1. The minimum Gasteiger partial charge on any atom is -0.367 e. The molecule has 0 aliphatic carbocycles. The van der Waals surface area contributed by atoms with Crippen LogP contribution in [0, 0.1) is 0 Å². The summed E-state index contributed by atoms with van der Waals surface area (Å²) < 4.78 is 0. The first kappa shape index (κ1) is 9.97. The van der Waals surface area contributed by atoms with E-state index in [4.69, 9.17) is 0 Å². The normalized spacial score (nSPS) is 16.1. The number of carbonyl (C=O) groups excluding carboxylic acids is 1. The van der Waals surface area contributed by atoms with Crippen LogP contribution in [0.5, 0.6) is 0 Å². The molecule has 0 atom stereocenters. The van der Waals surface area contributed by atoms with Crippen LogP contribution in [0.2, 0.25) is 0 Å². The second-order valence-electron chi connectivity index (χ2n) is 3.96. The van der Waals surface area contributed by atoms with Crippen molar-refractivity contribution in [2.45, 2.75) is 13.3 Å². The van der Waals surface area contributed by atoms with Gasteiger partial charge in [-0.15, -0.1) is 0 Å². The highest BCUT2D eigenvalue weighted by molar-refractivity contribution is 5.75. The first-order chi connectivity index (χ1) is 7.29. The summed E-state index contributed by atoms with van der Waals surface area (Å²) in [5.74, 6) is 0. The van der Waals surface area contributed by atoms with E-state index in [1.54, 1.807) is 0 Å². The van der Waals surface area contributed by atoms with Gasteiger partial charge in [0.2, 0.25) is 0 Å². The molecule has 15 heavy (non-hydrogen) atoms. The van der Waals surface area contributed by atoms with Crippen LogP contribution in [-0.2, 0) is 0 Å². The smallest absolute Gasteiger partial charge is 0.150 e. The molecule has 1 aliphatic heterocycles. The number of aldehydes is 1. The first-order valence-electron chi connectivity index (χ1n) is 5.25. The predicted octanol–water partition coefficient (Wildman–Crippen LogP) is 2.66. The van der Waals surface area contributed by atoms with Crippen molar-refractivity contribution >= 4 is 12.0 Å². The van der Waals surface area contributed by atoms with E-state index in [9.17, 15) is 4.79 Å². The molecule has 0 spiro atoms. The van der Waals surface area contributed by atoms with Crippen molar-refractivity contribution in [2.75, 3.05) is 18.0 Å². The molecular formula is C13H15NO. The van der Waals surface area contributed by atoms with Crippen molar-refractivity contribution < 1.29 is 4.79 Å². The van der Waals surface area contributed by atoms with Crippen molar-refractivity contribution in [1.82, 2.24) is 0 Å². The molecule has 1 aliphatic rings. The fourth-order valence-electron chi connectivity index (χ4n) is 1.77. The van der Waals surface area contributed by atoms with Crippen molar-refractivity contribution in [3.8, 4) is 0 Å². The Hall–Kier alpha value is -1.57. The van der Waals surface area contributed by atoms with Crippen LogP contribution < -0.4 is 4.90 Å². The summed E-state index contributed by atoms with van der Waals surface area (Å²) in [6.45, 7) is 4.22. The average Bonchev–Trinajstić information content (AvgIpc) is 2.30. The van der Waals surface area contributed by atoms with Gasteiger partial charge in [0.05, 0.1) is 0 Å². The molecule has 0 saturated carbocycles.